The highest BCUT2D eigenvalue weighted by atomic mass is 79.9. The van der Waals surface area contributed by atoms with Crippen LogP contribution in [0.1, 0.15) is 12.8 Å². The SMILES string of the molecule is FC1(F)CCCN(c2cccnc2Br)C1. The molecule has 2 nitrogen and oxygen atoms in total. The number of rotatable bonds is 1. The topological polar surface area (TPSA) is 16.1 Å². The number of pyridine rings is 1. The normalized spacial score (nSPS) is 20.3. The molecule has 0 N–H and O–H groups in total. The quantitative estimate of drug-likeness (QED) is 0.733. The third-order valence-corrected chi connectivity index (χ3v) is 3.08. The summed E-state index contributed by atoms with van der Waals surface area (Å²) in [4.78, 5) is 5.71. The smallest absolute Gasteiger partial charge is 0.265 e. The van der Waals surface area contributed by atoms with E-state index in [0.717, 1.165) is 5.69 Å². The van der Waals surface area contributed by atoms with Gasteiger partial charge in [-0.3, -0.25) is 0 Å². The Kier molecular flexibility index (Phi) is 2.91. The number of hydrogen-bond acceptors (Lipinski definition) is 2. The Morgan fingerprint density at radius 1 is 1.47 bits per heavy atom. The van der Waals surface area contributed by atoms with Crippen LogP contribution in [0.15, 0.2) is 22.9 Å². The van der Waals surface area contributed by atoms with Crippen LogP contribution in [0.5, 0.6) is 0 Å². The molecule has 0 bridgehead atoms. The van der Waals surface area contributed by atoms with Gasteiger partial charge in [0.2, 0.25) is 0 Å². The van der Waals surface area contributed by atoms with E-state index in [0.29, 0.717) is 17.6 Å². The van der Waals surface area contributed by atoms with E-state index in [1.54, 1.807) is 23.2 Å². The van der Waals surface area contributed by atoms with Crippen LogP contribution < -0.4 is 4.90 Å². The third-order valence-electron chi connectivity index (χ3n) is 2.47. The standard InChI is InChI=1S/C10H11BrF2N2/c11-9-8(3-1-5-14-9)15-6-2-4-10(12,13)7-15/h1,3,5H,2,4,6-7H2. The van der Waals surface area contributed by atoms with Crippen LogP contribution in [-0.4, -0.2) is 24.0 Å². The molecular weight excluding hydrogens is 266 g/mol. The minimum absolute atomic E-state index is 0.0125. The fourth-order valence-corrected chi connectivity index (χ4v) is 2.29. The molecular formula is C10H11BrF2N2. The maximum Gasteiger partial charge on any atom is 0.265 e. The lowest BCUT2D eigenvalue weighted by Gasteiger charge is -2.34. The predicted octanol–water partition coefficient (Wildman–Crippen LogP) is 3.08. The van der Waals surface area contributed by atoms with Gasteiger partial charge in [-0.2, -0.15) is 0 Å². The Morgan fingerprint density at radius 2 is 2.27 bits per heavy atom. The van der Waals surface area contributed by atoms with E-state index in [2.05, 4.69) is 20.9 Å². The molecule has 1 fully saturated rings. The fourth-order valence-electron chi connectivity index (χ4n) is 1.78. The largest absolute Gasteiger partial charge is 0.363 e. The molecule has 0 spiro atoms. The second kappa shape index (κ2) is 4.04. The second-order valence-corrected chi connectivity index (χ2v) is 4.45. The lowest BCUT2D eigenvalue weighted by atomic mass is 10.1. The van der Waals surface area contributed by atoms with Crippen LogP contribution >= 0.6 is 15.9 Å². The highest BCUT2D eigenvalue weighted by Crippen LogP contribution is 2.32. The number of aromatic nitrogens is 1. The summed E-state index contributed by atoms with van der Waals surface area (Å²) in [5.74, 6) is -2.58. The van der Waals surface area contributed by atoms with Gasteiger partial charge < -0.3 is 4.90 Å². The minimum Gasteiger partial charge on any atom is -0.363 e. The van der Waals surface area contributed by atoms with Gasteiger partial charge in [0.15, 0.2) is 0 Å². The maximum atomic E-state index is 13.2. The van der Waals surface area contributed by atoms with Gasteiger partial charge in [0.25, 0.3) is 5.92 Å². The number of alkyl halides is 2. The molecule has 0 aliphatic carbocycles. The first kappa shape index (κ1) is 10.8. The lowest BCUT2D eigenvalue weighted by molar-refractivity contribution is -0.0117. The van der Waals surface area contributed by atoms with Crippen LogP contribution in [0.2, 0.25) is 0 Å². The summed E-state index contributed by atoms with van der Waals surface area (Å²) < 4.78 is 27.0. The molecule has 2 heterocycles. The predicted molar refractivity (Wildman–Crippen MR) is 58.3 cm³/mol. The van der Waals surface area contributed by atoms with Crippen LogP contribution in [0.4, 0.5) is 14.5 Å². The Bertz CT molecular complexity index is 357. The van der Waals surface area contributed by atoms with E-state index in [4.69, 9.17) is 0 Å². The molecule has 2 rings (SSSR count). The van der Waals surface area contributed by atoms with E-state index >= 15 is 0 Å². The number of anilines is 1. The molecule has 0 saturated carbocycles. The molecule has 1 aromatic heterocycles. The van der Waals surface area contributed by atoms with Crippen molar-refractivity contribution >= 4 is 21.6 Å². The molecule has 0 aromatic carbocycles. The maximum absolute atomic E-state index is 13.2. The van der Waals surface area contributed by atoms with Gasteiger partial charge in [0.05, 0.1) is 12.2 Å². The van der Waals surface area contributed by atoms with E-state index in [1.165, 1.54) is 0 Å². The van der Waals surface area contributed by atoms with Gasteiger partial charge in [-0.05, 0) is 34.5 Å². The van der Waals surface area contributed by atoms with Gasteiger partial charge in [0.1, 0.15) is 4.60 Å². The number of hydrogen-bond donors (Lipinski definition) is 0. The average Bonchev–Trinajstić information content (AvgIpc) is 2.17. The van der Waals surface area contributed by atoms with Crippen molar-refractivity contribution in [2.75, 3.05) is 18.0 Å². The van der Waals surface area contributed by atoms with Crippen LogP contribution in [-0.2, 0) is 0 Å². The first-order valence-corrected chi connectivity index (χ1v) is 5.61. The van der Waals surface area contributed by atoms with Gasteiger partial charge in [-0.25, -0.2) is 13.8 Å². The number of nitrogens with zero attached hydrogens (tertiary/aromatic N) is 2. The van der Waals surface area contributed by atoms with Crippen molar-refractivity contribution in [2.45, 2.75) is 18.8 Å². The van der Waals surface area contributed by atoms with Crippen molar-refractivity contribution in [3.05, 3.63) is 22.9 Å². The molecule has 1 aliphatic heterocycles. The number of halogens is 3. The summed E-state index contributed by atoms with van der Waals surface area (Å²) in [5.41, 5.74) is 0.747. The van der Waals surface area contributed by atoms with Crippen LogP contribution in [0.3, 0.4) is 0 Å². The summed E-state index contributed by atoms with van der Waals surface area (Å²) in [6.45, 7) is 0.456. The zero-order valence-electron chi connectivity index (χ0n) is 8.09. The lowest BCUT2D eigenvalue weighted by Crippen LogP contribution is -2.42. The average molecular weight is 277 g/mol. The molecule has 1 saturated heterocycles. The molecule has 1 aliphatic rings. The Morgan fingerprint density at radius 3 is 2.93 bits per heavy atom. The number of piperidine rings is 1. The van der Waals surface area contributed by atoms with E-state index in [1.807, 2.05) is 0 Å². The summed E-state index contributed by atoms with van der Waals surface area (Å²) in [6, 6.07) is 3.56. The van der Waals surface area contributed by atoms with Crippen molar-refractivity contribution < 1.29 is 8.78 Å². The zero-order chi connectivity index (χ0) is 10.9. The molecule has 15 heavy (non-hydrogen) atoms. The van der Waals surface area contributed by atoms with Crippen molar-refractivity contribution in [1.82, 2.24) is 4.98 Å². The van der Waals surface area contributed by atoms with Crippen molar-refractivity contribution in [3.8, 4) is 0 Å². The van der Waals surface area contributed by atoms with Crippen molar-refractivity contribution in [2.24, 2.45) is 0 Å². The summed E-state index contributed by atoms with van der Waals surface area (Å²) in [6.07, 6.45) is 2.14. The monoisotopic (exact) mass is 276 g/mol. The highest BCUT2D eigenvalue weighted by molar-refractivity contribution is 9.10. The fraction of sp³-hybridized carbons (Fsp3) is 0.500. The molecule has 0 unspecified atom stereocenters. The second-order valence-electron chi connectivity index (χ2n) is 3.69. The van der Waals surface area contributed by atoms with Gasteiger partial charge in [0, 0.05) is 19.2 Å². The van der Waals surface area contributed by atoms with Gasteiger partial charge in [-0.15, -0.1) is 0 Å². The Hall–Kier alpha value is -0.710. The molecule has 1 aromatic rings. The molecule has 0 atom stereocenters. The highest BCUT2D eigenvalue weighted by Gasteiger charge is 2.35. The summed E-state index contributed by atoms with van der Waals surface area (Å²) in [5, 5.41) is 0. The molecule has 5 heteroatoms. The molecule has 82 valence electrons. The third kappa shape index (κ3) is 2.45. The van der Waals surface area contributed by atoms with Gasteiger partial charge in [-0.1, -0.05) is 0 Å². The molecule has 0 radical (unpaired) electrons. The first-order valence-electron chi connectivity index (χ1n) is 4.82. The Labute approximate surface area is 95.4 Å². The minimum atomic E-state index is -2.58. The summed E-state index contributed by atoms with van der Waals surface area (Å²) >= 11 is 3.27. The van der Waals surface area contributed by atoms with Crippen LogP contribution in [0.25, 0.3) is 0 Å². The Balaban J connectivity index is 2.21. The van der Waals surface area contributed by atoms with Crippen molar-refractivity contribution in [3.63, 3.8) is 0 Å². The van der Waals surface area contributed by atoms with E-state index in [-0.39, 0.29) is 13.0 Å². The van der Waals surface area contributed by atoms with E-state index in [9.17, 15) is 8.78 Å². The van der Waals surface area contributed by atoms with Gasteiger partial charge >= 0.3 is 0 Å². The summed E-state index contributed by atoms with van der Waals surface area (Å²) in [7, 11) is 0. The van der Waals surface area contributed by atoms with E-state index < -0.39 is 5.92 Å². The van der Waals surface area contributed by atoms with Crippen LogP contribution in [0, 0.1) is 0 Å². The first-order chi connectivity index (χ1) is 7.08. The molecule has 0 amide bonds. The van der Waals surface area contributed by atoms with Crippen molar-refractivity contribution in [1.29, 1.82) is 0 Å². The zero-order valence-corrected chi connectivity index (χ0v) is 9.67.